The molecule has 33 heavy (non-hydrogen) atoms. The highest BCUT2D eigenvalue weighted by Gasteiger charge is 2.48. The highest BCUT2D eigenvalue weighted by Crippen LogP contribution is 2.52. The molecular formula is C25H22ClN3O4. The Kier molecular flexibility index (Phi) is 4.54. The maximum atomic E-state index is 6.47. The predicted molar refractivity (Wildman–Crippen MR) is 124 cm³/mol. The summed E-state index contributed by atoms with van der Waals surface area (Å²) in [5.41, 5.74) is 8.59. The van der Waals surface area contributed by atoms with E-state index < -0.39 is 5.54 Å². The number of rotatable bonds is 4. The van der Waals surface area contributed by atoms with Gasteiger partial charge in [0, 0.05) is 21.6 Å². The summed E-state index contributed by atoms with van der Waals surface area (Å²) < 4.78 is 23.2. The van der Waals surface area contributed by atoms with Gasteiger partial charge in [-0.25, -0.2) is 9.98 Å². The van der Waals surface area contributed by atoms with Crippen LogP contribution in [0.25, 0.3) is 11.1 Å². The number of amidine groups is 1. The lowest BCUT2D eigenvalue weighted by Crippen LogP contribution is -2.44. The number of halogens is 1. The molecule has 0 unspecified atom stereocenters. The van der Waals surface area contributed by atoms with Crippen molar-refractivity contribution in [3.8, 4) is 28.5 Å². The van der Waals surface area contributed by atoms with Crippen molar-refractivity contribution < 1.29 is 18.9 Å². The number of aromatic nitrogens is 1. The number of pyridine rings is 1. The molecule has 1 spiro atoms. The molecule has 1 saturated heterocycles. The number of hydrogen-bond donors (Lipinski definition) is 1. The van der Waals surface area contributed by atoms with Gasteiger partial charge in [-0.15, -0.1) is 0 Å². The van der Waals surface area contributed by atoms with E-state index in [9.17, 15) is 0 Å². The molecule has 3 aromatic rings. The Labute approximate surface area is 196 Å². The van der Waals surface area contributed by atoms with E-state index in [0.717, 1.165) is 22.3 Å². The molecule has 1 fully saturated rings. The van der Waals surface area contributed by atoms with Crippen LogP contribution in [0.5, 0.6) is 17.4 Å². The fourth-order valence-electron chi connectivity index (χ4n) is 4.44. The van der Waals surface area contributed by atoms with E-state index in [-0.39, 0.29) is 18.0 Å². The molecule has 2 aromatic carbocycles. The second kappa shape index (κ2) is 7.37. The molecule has 3 aliphatic rings. The van der Waals surface area contributed by atoms with Gasteiger partial charge in [-0.3, -0.25) is 0 Å². The molecule has 0 aliphatic carbocycles. The number of hydrogen-bond acceptors (Lipinski definition) is 7. The summed E-state index contributed by atoms with van der Waals surface area (Å²) in [4.78, 5) is 9.28. The van der Waals surface area contributed by atoms with Crippen molar-refractivity contribution >= 4 is 17.6 Å². The van der Waals surface area contributed by atoms with Gasteiger partial charge in [0.15, 0.2) is 5.54 Å². The normalized spacial score (nSPS) is 21.8. The van der Waals surface area contributed by atoms with E-state index in [0.29, 0.717) is 42.2 Å². The first-order valence-corrected chi connectivity index (χ1v) is 11.1. The quantitative estimate of drug-likeness (QED) is 0.612. The molecule has 0 saturated carbocycles. The Hall–Kier alpha value is -3.29. The number of fused-ring (bicyclic) bond motifs is 4. The van der Waals surface area contributed by atoms with Crippen LogP contribution in [0.15, 0.2) is 59.7 Å². The third kappa shape index (κ3) is 3.31. The first-order chi connectivity index (χ1) is 16.0. The van der Waals surface area contributed by atoms with Gasteiger partial charge in [-0.1, -0.05) is 42.8 Å². The third-order valence-electron chi connectivity index (χ3n) is 6.31. The van der Waals surface area contributed by atoms with Gasteiger partial charge in [0.1, 0.15) is 18.1 Å². The number of ether oxygens (including phenoxy) is 4. The van der Waals surface area contributed by atoms with Crippen molar-refractivity contribution in [2.45, 2.75) is 12.5 Å². The predicted octanol–water partition coefficient (Wildman–Crippen LogP) is 4.51. The first-order valence-electron chi connectivity index (χ1n) is 10.7. The largest absolute Gasteiger partial charge is 0.491 e. The second-order valence-corrected chi connectivity index (χ2v) is 9.41. The Bertz CT molecular complexity index is 1290. The standard InChI is InChI=1S/C25H22ClN3O4/c1-24(11-30-12-24)13-31-16-9-19-22(28-10-16)33-21-7-6-15(17-4-2-3-5-20(17)26)8-18(21)25(19)14-32-23(27)29-25/h2-10H,11-14H2,1H3,(H2,27,29)/t25-/m0/s1. The molecular weight excluding hydrogens is 442 g/mol. The van der Waals surface area contributed by atoms with Gasteiger partial charge in [0.05, 0.1) is 31.6 Å². The van der Waals surface area contributed by atoms with Crippen LogP contribution in [0.1, 0.15) is 18.1 Å². The van der Waals surface area contributed by atoms with E-state index >= 15 is 0 Å². The van der Waals surface area contributed by atoms with Gasteiger partial charge in [-0.05, 0) is 29.8 Å². The zero-order chi connectivity index (χ0) is 22.6. The van der Waals surface area contributed by atoms with Gasteiger partial charge in [0.2, 0.25) is 5.88 Å². The summed E-state index contributed by atoms with van der Waals surface area (Å²) >= 11 is 6.47. The molecule has 4 heterocycles. The van der Waals surface area contributed by atoms with Crippen LogP contribution in [-0.4, -0.2) is 37.4 Å². The lowest BCUT2D eigenvalue weighted by molar-refractivity contribution is -0.120. The number of nitrogens with zero attached hydrogens (tertiary/aromatic N) is 2. The van der Waals surface area contributed by atoms with E-state index in [4.69, 9.17) is 41.3 Å². The highest BCUT2D eigenvalue weighted by molar-refractivity contribution is 6.33. The molecule has 8 heteroatoms. The van der Waals surface area contributed by atoms with Crippen LogP contribution in [0, 0.1) is 5.41 Å². The molecule has 0 amide bonds. The lowest BCUT2D eigenvalue weighted by Gasteiger charge is -2.37. The van der Waals surface area contributed by atoms with Crippen LogP contribution >= 0.6 is 11.6 Å². The van der Waals surface area contributed by atoms with Crippen LogP contribution < -0.4 is 15.2 Å². The van der Waals surface area contributed by atoms with Crippen LogP contribution in [0.4, 0.5) is 0 Å². The van der Waals surface area contributed by atoms with Crippen molar-refractivity contribution in [3.63, 3.8) is 0 Å². The fourth-order valence-corrected chi connectivity index (χ4v) is 4.69. The van der Waals surface area contributed by atoms with Crippen molar-refractivity contribution in [2.75, 3.05) is 26.4 Å². The van der Waals surface area contributed by atoms with Crippen LogP contribution in [-0.2, 0) is 15.0 Å². The Morgan fingerprint density at radius 1 is 1.09 bits per heavy atom. The molecule has 2 N–H and O–H groups in total. The van der Waals surface area contributed by atoms with E-state index in [2.05, 4.69) is 11.9 Å². The molecule has 1 aromatic heterocycles. The summed E-state index contributed by atoms with van der Waals surface area (Å²) in [6.07, 6.45) is 1.67. The molecule has 168 valence electrons. The van der Waals surface area contributed by atoms with E-state index in [1.807, 2.05) is 48.5 Å². The van der Waals surface area contributed by atoms with Crippen LogP contribution in [0.3, 0.4) is 0 Å². The van der Waals surface area contributed by atoms with Crippen molar-refractivity contribution in [1.82, 2.24) is 4.98 Å². The maximum Gasteiger partial charge on any atom is 0.283 e. The Morgan fingerprint density at radius 2 is 1.94 bits per heavy atom. The molecule has 0 radical (unpaired) electrons. The summed E-state index contributed by atoms with van der Waals surface area (Å²) in [5.74, 6) is 1.75. The molecule has 6 rings (SSSR count). The van der Waals surface area contributed by atoms with E-state index in [1.54, 1.807) is 6.20 Å². The molecule has 7 nitrogen and oxygen atoms in total. The average Bonchev–Trinajstić information content (AvgIpc) is 3.19. The Morgan fingerprint density at radius 3 is 2.67 bits per heavy atom. The topological polar surface area (TPSA) is 88.2 Å². The highest BCUT2D eigenvalue weighted by atomic mass is 35.5. The third-order valence-corrected chi connectivity index (χ3v) is 6.64. The number of nitrogens with two attached hydrogens (primary N) is 1. The maximum absolute atomic E-state index is 6.47. The van der Waals surface area contributed by atoms with Gasteiger partial charge >= 0.3 is 0 Å². The zero-order valence-electron chi connectivity index (χ0n) is 18.0. The van der Waals surface area contributed by atoms with E-state index in [1.165, 1.54) is 0 Å². The fraction of sp³-hybridized carbons (Fsp3) is 0.280. The van der Waals surface area contributed by atoms with Crippen molar-refractivity contribution in [1.29, 1.82) is 0 Å². The SMILES string of the molecule is CC1(COc2cnc3c(c2)[C@]2(COC(N)=N2)c2cc(-c4ccccc4Cl)ccc2O3)COC1. The smallest absolute Gasteiger partial charge is 0.283 e. The zero-order valence-corrected chi connectivity index (χ0v) is 18.8. The Balaban J connectivity index is 1.44. The van der Waals surface area contributed by atoms with Crippen molar-refractivity contribution in [3.05, 3.63) is 70.9 Å². The minimum Gasteiger partial charge on any atom is -0.491 e. The first kappa shape index (κ1) is 20.3. The minimum atomic E-state index is -0.889. The molecule has 0 bridgehead atoms. The number of benzene rings is 2. The van der Waals surface area contributed by atoms with Gasteiger partial charge < -0.3 is 24.7 Å². The molecule has 1 atom stereocenters. The van der Waals surface area contributed by atoms with Gasteiger partial charge in [0.25, 0.3) is 6.02 Å². The van der Waals surface area contributed by atoms with Gasteiger partial charge in [-0.2, -0.15) is 0 Å². The summed E-state index contributed by atoms with van der Waals surface area (Å²) in [6.45, 7) is 4.28. The van der Waals surface area contributed by atoms with Crippen LogP contribution in [0.2, 0.25) is 5.02 Å². The minimum absolute atomic E-state index is 0.0135. The average molecular weight is 464 g/mol. The summed E-state index contributed by atoms with van der Waals surface area (Å²) in [6, 6.07) is 15.7. The molecule has 3 aliphatic heterocycles. The number of aliphatic imine (C=N–C) groups is 1. The monoisotopic (exact) mass is 463 g/mol. The summed E-state index contributed by atoms with van der Waals surface area (Å²) in [5, 5.41) is 0.667. The van der Waals surface area contributed by atoms with Crippen molar-refractivity contribution in [2.24, 2.45) is 16.1 Å². The summed E-state index contributed by atoms with van der Waals surface area (Å²) in [7, 11) is 0. The second-order valence-electron chi connectivity index (χ2n) is 9.01. The lowest BCUT2D eigenvalue weighted by atomic mass is 9.81.